The van der Waals surface area contributed by atoms with Crippen LogP contribution in [0.25, 0.3) is 11.4 Å². The first-order valence-electron chi connectivity index (χ1n) is 5.55. The Balaban J connectivity index is 2.02. The summed E-state index contributed by atoms with van der Waals surface area (Å²) in [6, 6.07) is 4.46. The average molecular weight is 211 g/mol. The topological polar surface area (TPSA) is 30.7 Å². The summed E-state index contributed by atoms with van der Waals surface area (Å²) < 4.78 is 2.23. The first kappa shape index (κ1) is 9.33. The lowest BCUT2D eigenvalue weighted by Crippen LogP contribution is -2.04. The molecule has 0 amide bonds. The van der Waals surface area contributed by atoms with Crippen LogP contribution in [0.5, 0.6) is 0 Å². The molecule has 0 radical (unpaired) electrons. The molecule has 0 aliphatic heterocycles. The highest BCUT2D eigenvalue weighted by Crippen LogP contribution is 2.27. The number of allylic oxidation sites excluding steroid dienone is 2. The van der Waals surface area contributed by atoms with Crippen molar-refractivity contribution in [2.45, 2.75) is 18.9 Å². The fourth-order valence-electron chi connectivity index (χ4n) is 2.15. The second kappa shape index (κ2) is 3.93. The van der Waals surface area contributed by atoms with Gasteiger partial charge in [-0.1, -0.05) is 12.2 Å². The molecule has 1 aliphatic carbocycles. The molecule has 3 nitrogen and oxygen atoms in total. The van der Waals surface area contributed by atoms with Crippen molar-refractivity contribution < 1.29 is 0 Å². The molecule has 3 rings (SSSR count). The largest absolute Gasteiger partial charge is 0.324 e. The van der Waals surface area contributed by atoms with Gasteiger partial charge < -0.3 is 4.57 Å². The third-order valence-corrected chi connectivity index (χ3v) is 2.95. The van der Waals surface area contributed by atoms with E-state index in [2.05, 4.69) is 32.9 Å². The third kappa shape index (κ3) is 1.54. The molecule has 2 aromatic rings. The fraction of sp³-hybridized carbons (Fsp3) is 0.231. The summed E-state index contributed by atoms with van der Waals surface area (Å²) in [5.74, 6) is 1.03. The highest BCUT2D eigenvalue weighted by atomic mass is 15.1. The van der Waals surface area contributed by atoms with Gasteiger partial charge in [0.1, 0.15) is 5.82 Å². The van der Waals surface area contributed by atoms with E-state index in [-0.39, 0.29) is 0 Å². The molecule has 0 N–H and O–H groups in total. The maximum Gasteiger partial charge on any atom is 0.140 e. The number of hydrogen-bond donors (Lipinski definition) is 0. The zero-order valence-electron chi connectivity index (χ0n) is 8.95. The predicted molar refractivity (Wildman–Crippen MR) is 62.9 cm³/mol. The Morgan fingerprint density at radius 3 is 2.81 bits per heavy atom. The summed E-state index contributed by atoms with van der Waals surface area (Å²) in [6.07, 6.45) is 14.4. The standard InChI is InChI=1S/C13H13N3/c1-2-4-12(3-1)16-10-9-15-13(16)11-5-7-14-8-6-11/h1,3,5-10,12H,2,4H2. The number of pyridine rings is 1. The van der Waals surface area contributed by atoms with Crippen molar-refractivity contribution in [3.8, 4) is 11.4 Å². The average Bonchev–Trinajstić information content (AvgIpc) is 3.01. The van der Waals surface area contributed by atoms with Gasteiger partial charge in [0, 0.05) is 30.4 Å². The number of hydrogen-bond acceptors (Lipinski definition) is 2. The summed E-state index contributed by atoms with van der Waals surface area (Å²) in [4.78, 5) is 8.46. The monoisotopic (exact) mass is 211 g/mol. The summed E-state index contributed by atoms with van der Waals surface area (Å²) in [7, 11) is 0. The van der Waals surface area contributed by atoms with Crippen LogP contribution in [0, 0.1) is 0 Å². The summed E-state index contributed by atoms with van der Waals surface area (Å²) in [5.41, 5.74) is 1.13. The Kier molecular flexibility index (Phi) is 2.29. The van der Waals surface area contributed by atoms with Crippen LogP contribution in [-0.4, -0.2) is 14.5 Å². The molecular formula is C13H13N3. The molecule has 0 spiro atoms. The molecule has 0 saturated carbocycles. The molecule has 0 bridgehead atoms. The minimum Gasteiger partial charge on any atom is -0.324 e. The van der Waals surface area contributed by atoms with Crippen LogP contribution in [0.2, 0.25) is 0 Å². The van der Waals surface area contributed by atoms with Crippen molar-refractivity contribution in [3.05, 3.63) is 49.1 Å². The Bertz CT molecular complexity index is 499. The second-order valence-corrected chi connectivity index (χ2v) is 3.97. The van der Waals surface area contributed by atoms with Crippen LogP contribution in [0.1, 0.15) is 18.9 Å². The number of nitrogens with zero attached hydrogens (tertiary/aromatic N) is 3. The summed E-state index contributed by atoms with van der Waals surface area (Å²) in [6.45, 7) is 0. The SMILES string of the molecule is C1=CC(n2ccnc2-c2ccncc2)CC1. The predicted octanol–water partition coefficient (Wildman–Crippen LogP) is 2.84. The molecule has 16 heavy (non-hydrogen) atoms. The molecule has 0 saturated heterocycles. The van der Waals surface area contributed by atoms with Crippen LogP contribution in [0.3, 0.4) is 0 Å². The lowest BCUT2D eigenvalue weighted by molar-refractivity contribution is 0.596. The molecular weight excluding hydrogens is 198 g/mol. The molecule has 3 heteroatoms. The molecule has 80 valence electrons. The van der Waals surface area contributed by atoms with Crippen molar-refractivity contribution >= 4 is 0 Å². The van der Waals surface area contributed by atoms with Crippen LogP contribution in [0.4, 0.5) is 0 Å². The third-order valence-electron chi connectivity index (χ3n) is 2.95. The molecule has 1 unspecified atom stereocenters. The van der Waals surface area contributed by atoms with Gasteiger partial charge in [-0.2, -0.15) is 0 Å². The second-order valence-electron chi connectivity index (χ2n) is 3.97. The van der Waals surface area contributed by atoms with Crippen LogP contribution in [0.15, 0.2) is 49.1 Å². The highest BCUT2D eigenvalue weighted by Gasteiger charge is 2.15. The number of imidazole rings is 1. The normalized spacial score (nSPS) is 19.1. The van der Waals surface area contributed by atoms with Gasteiger partial charge in [0.2, 0.25) is 0 Å². The van der Waals surface area contributed by atoms with Crippen molar-refractivity contribution in [2.24, 2.45) is 0 Å². The van der Waals surface area contributed by atoms with Crippen molar-refractivity contribution in [1.29, 1.82) is 0 Å². The molecule has 2 aromatic heterocycles. The summed E-state index contributed by atoms with van der Waals surface area (Å²) in [5, 5.41) is 0. The molecule has 1 aliphatic rings. The molecule has 2 heterocycles. The van der Waals surface area contributed by atoms with Gasteiger partial charge in [0.25, 0.3) is 0 Å². The maximum absolute atomic E-state index is 4.43. The van der Waals surface area contributed by atoms with E-state index in [4.69, 9.17) is 0 Å². The molecule has 0 fully saturated rings. The Labute approximate surface area is 94.5 Å². The first-order chi connectivity index (χ1) is 7.95. The Hall–Kier alpha value is -1.90. The number of rotatable bonds is 2. The van der Waals surface area contributed by atoms with Gasteiger partial charge in [0.05, 0.1) is 6.04 Å². The Morgan fingerprint density at radius 2 is 2.06 bits per heavy atom. The van der Waals surface area contributed by atoms with Gasteiger partial charge in [-0.05, 0) is 25.0 Å². The molecule has 0 aromatic carbocycles. The van der Waals surface area contributed by atoms with E-state index in [1.807, 2.05) is 18.3 Å². The van der Waals surface area contributed by atoms with E-state index in [9.17, 15) is 0 Å². The minimum absolute atomic E-state index is 0.464. The lowest BCUT2D eigenvalue weighted by Gasteiger charge is -2.13. The number of aromatic nitrogens is 3. The van der Waals surface area contributed by atoms with E-state index in [0.29, 0.717) is 6.04 Å². The quantitative estimate of drug-likeness (QED) is 0.715. The van der Waals surface area contributed by atoms with Crippen molar-refractivity contribution in [1.82, 2.24) is 14.5 Å². The smallest absolute Gasteiger partial charge is 0.140 e. The van der Waals surface area contributed by atoms with Crippen molar-refractivity contribution in [2.75, 3.05) is 0 Å². The maximum atomic E-state index is 4.43. The zero-order chi connectivity index (χ0) is 10.8. The fourth-order valence-corrected chi connectivity index (χ4v) is 2.15. The molecule has 1 atom stereocenters. The van der Waals surface area contributed by atoms with Crippen LogP contribution in [-0.2, 0) is 0 Å². The summed E-state index contributed by atoms with van der Waals surface area (Å²) >= 11 is 0. The van der Waals surface area contributed by atoms with Gasteiger partial charge in [-0.3, -0.25) is 4.98 Å². The van der Waals surface area contributed by atoms with Gasteiger partial charge in [-0.15, -0.1) is 0 Å². The van der Waals surface area contributed by atoms with Gasteiger partial charge in [-0.25, -0.2) is 4.98 Å². The minimum atomic E-state index is 0.464. The van der Waals surface area contributed by atoms with Crippen molar-refractivity contribution in [3.63, 3.8) is 0 Å². The van der Waals surface area contributed by atoms with Gasteiger partial charge >= 0.3 is 0 Å². The van der Waals surface area contributed by atoms with Gasteiger partial charge in [0.15, 0.2) is 0 Å². The van der Waals surface area contributed by atoms with E-state index in [1.165, 1.54) is 12.8 Å². The van der Waals surface area contributed by atoms with E-state index in [1.54, 1.807) is 12.4 Å². The van der Waals surface area contributed by atoms with E-state index < -0.39 is 0 Å². The highest BCUT2D eigenvalue weighted by molar-refractivity contribution is 5.54. The van der Waals surface area contributed by atoms with E-state index >= 15 is 0 Å². The zero-order valence-corrected chi connectivity index (χ0v) is 8.95. The lowest BCUT2D eigenvalue weighted by atomic mass is 10.2. The van der Waals surface area contributed by atoms with Crippen LogP contribution < -0.4 is 0 Å². The first-order valence-corrected chi connectivity index (χ1v) is 5.55. The Morgan fingerprint density at radius 1 is 1.19 bits per heavy atom. The van der Waals surface area contributed by atoms with E-state index in [0.717, 1.165) is 11.4 Å². The van der Waals surface area contributed by atoms with Crippen LogP contribution >= 0.6 is 0 Å².